The van der Waals surface area contributed by atoms with Gasteiger partial charge in [-0.1, -0.05) is 23.7 Å². The van der Waals surface area contributed by atoms with Crippen LogP contribution in [0.25, 0.3) is 0 Å². The summed E-state index contributed by atoms with van der Waals surface area (Å²) in [6, 6.07) is 14.5. The first-order valence-corrected chi connectivity index (χ1v) is 12.3. The molecule has 1 aliphatic heterocycles. The maximum Gasteiger partial charge on any atom is 0.251 e. The van der Waals surface area contributed by atoms with Crippen molar-refractivity contribution in [3.63, 3.8) is 0 Å². The van der Waals surface area contributed by atoms with Crippen molar-refractivity contribution in [2.24, 2.45) is 0 Å². The maximum absolute atomic E-state index is 12.3. The van der Waals surface area contributed by atoms with Crippen LogP contribution in [0.15, 0.2) is 48.5 Å². The Morgan fingerprint density at radius 1 is 1.07 bits per heavy atom. The summed E-state index contributed by atoms with van der Waals surface area (Å²) in [5.41, 5.74) is 2.35. The highest BCUT2D eigenvalue weighted by Crippen LogP contribution is 2.23. The van der Waals surface area contributed by atoms with Gasteiger partial charge in [0.1, 0.15) is 0 Å². The van der Waals surface area contributed by atoms with E-state index in [1.807, 2.05) is 24.3 Å². The molecular weight excluding hydrogens is 416 g/mol. The molecular formula is C20H23ClN2O3S2. The molecule has 1 N–H and O–H groups in total. The van der Waals surface area contributed by atoms with E-state index in [9.17, 15) is 13.2 Å². The van der Waals surface area contributed by atoms with Gasteiger partial charge in [0.2, 0.25) is 10.0 Å². The summed E-state index contributed by atoms with van der Waals surface area (Å²) in [6.07, 6.45) is 1.56. The van der Waals surface area contributed by atoms with Crippen LogP contribution in [0.5, 0.6) is 0 Å². The average Bonchev–Trinajstić information content (AvgIpc) is 2.69. The normalized spacial score (nSPS) is 16.0. The van der Waals surface area contributed by atoms with Gasteiger partial charge < -0.3 is 5.32 Å². The fourth-order valence-electron chi connectivity index (χ4n) is 2.97. The van der Waals surface area contributed by atoms with Crippen molar-refractivity contribution in [2.75, 3.05) is 28.9 Å². The van der Waals surface area contributed by atoms with Crippen LogP contribution in [-0.4, -0.2) is 38.9 Å². The zero-order valence-corrected chi connectivity index (χ0v) is 17.8. The number of nitrogens with one attached hydrogen (secondary N) is 1. The number of halogens is 1. The standard InChI is InChI=1S/C20H23ClN2O3S2/c21-18-7-3-16(4-8-18)15-27-13-11-22-20(24)17-5-9-19(10-6-17)23-12-1-2-14-28(23,25)26/h3-10H,1-2,11-15H2,(H,22,24). The number of carbonyl (C=O) groups excluding carboxylic acids is 1. The Kier molecular flexibility index (Phi) is 7.26. The molecule has 1 saturated heterocycles. The second-order valence-corrected chi connectivity index (χ2v) is 10.1. The number of sulfonamides is 1. The second-order valence-electron chi connectivity index (χ2n) is 6.58. The third-order valence-corrected chi connectivity index (χ3v) is 7.63. The van der Waals surface area contributed by atoms with Crippen LogP contribution in [0.3, 0.4) is 0 Å². The van der Waals surface area contributed by atoms with Gasteiger partial charge in [-0.2, -0.15) is 11.8 Å². The molecule has 0 atom stereocenters. The fraction of sp³-hybridized carbons (Fsp3) is 0.350. The summed E-state index contributed by atoms with van der Waals surface area (Å²) >= 11 is 7.61. The SMILES string of the molecule is O=C(NCCSCc1ccc(Cl)cc1)c1ccc(N2CCCCS2(=O)=O)cc1. The quantitative estimate of drug-likeness (QED) is 0.665. The minimum absolute atomic E-state index is 0.153. The van der Waals surface area contributed by atoms with Crippen LogP contribution >= 0.6 is 23.4 Å². The maximum atomic E-state index is 12.3. The molecule has 3 rings (SSSR count). The van der Waals surface area contributed by atoms with Crippen molar-refractivity contribution in [1.82, 2.24) is 5.32 Å². The van der Waals surface area contributed by atoms with Crippen LogP contribution in [-0.2, 0) is 15.8 Å². The lowest BCUT2D eigenvalue weighted by Gasteiger charge is -2.28. The third kappa shape index (κ3) is 5.65. The number of amides is 1. The van der Waals surface area contributed by atoms with Crippen molar-refractivity contribution in [2.45, 2.75) is 18.6 Å². The number of rotatable bonds is 7. The molecule has 0 bridgehead atoms. The number of nitrogens with zero attached hydrogens (tertiary/aromatic N) is 1. The Labute approximate surface area is 175 Å². The fourth-order valence-corrected chi connectivity index (χ4v) is 5.55. The van der Waals surface area contributed by atoms with E-state index in [2.05, 4.69) is 5.32 Å². The van der Waals surface area contributed by atoms with Crippen molar-refractivity contribution in [1.29, 1.82) is 0 Å². The van der Waals surface area contributed by atoms with Gasteiger partial charge in [-0.25, -0.2) is 8.42 Å². The van der Waals surface area contributed by atoms with Gasteiger partial charge in [-0.3, -0.25) is 9.10 Å². The predicted molar refractivity (Wildman–Crippen MR) is 117 cm³/mol. The topological polar surface area (TPSA) is 66.5 Å². The van der Waals surface area contributed by atoms with Gasteiger partial charge in [0, 0.05) is 35.2 Å². The zero-order chi connectivity index (χ0) is 20.0. The zero-order valence-electron chi connectivity index (χ0n) is 15.4. The van der Waals surface area contributed by atoms with Crippen LogP contribution < -0.4 is 9.62 Å². The monoisotopic (exact) mass is 438 g/mol. The largest absolute Gasteiger partial charge is 0.351 e. The molecule has 1 amide bonds. The summed E-state index contributed by atoms with van der Waals surface area (Å²) in [5.74, 6) is 1.70. The van der Waals surface area contributed by atoms with Crippen molar-refractivity contribution >= 4 is 45.0 Å². The summed E-state index contributed by atoms with van der Waals surface area (Å²) in [5, 5.41) is 3.62. The van der Waals surface area contributed by atoms with E-state index < -0.39 is 10.0 Å². The number of hydrogen-bond acceptors (Lipinski definition) is 4. The van der Waals surface area contributed by atoms with Crippen LogP contribution in [0, 0.1) is 0 Å². The first-order chi connectivity index (χ1) is 13.5. The van der Waals surface area contributed by atoms with Gasteiger partial charge in [0.05, 0.1) is 11.4 Å². The highest BCUT2D eigenvalue weighted by molar-refractivity contribution is 7.98. The molecule has 28 heavy (non-hydrogen) atoms. The molecule has 1 fully saturated rings. The van der Waals surface area contributed by atoms with Crippen molar-refractivity contribution < 1.29 is 13.2 Å². The van der Waals surface area contributed by atoms with E-state index in [1.54, 1.807) is 36.0 Å². The molecule has 5 nitrogen and oxygen atoms in total. The molecule has 0 radical (unpaired) electrons. The molecule has 8 heteroatoms. The van der Waals surface area contributed by atoms with E-state index >= 15 is 0 Å². The van der Waals surface area contributed by atoms with Gasteiger partial charge in [0.25, 0.3) is 5.91 Å². The molecule has 0 saturated carbocycles. The number of carbonyl (C=O) groups is 1. The molecule has 1 heterocycles. The molecule has 0 aromatic heterocycles. The third-order valence-electron chi connectivity index (χ3n) is 4.48. The Balaban J connectivity index is 1.45. The van der Waals surface area contributed by atoms with E-state index in [0.717, 1.165) is 22.9 Å². The summed E-state index contributed by atoms with van der Waals surface area (Å²) < 4.78 is 25.8. The smallest absolute Gasteiger partial charge is 0.251 e. The van der Waals surface area contributed by atoms with E-state index in [4.69, 9.17) is 11.6 Å². The van der Waals surface area contributed by atoms with Crippen LogP contribution in [0.1, 0.15) is 28.8 Å². The minimum atomic E-state index is -3.23. The summed E-state index contributed by atoms with van der Waals surface area (Å²) in [7, 11) is -3.23. The van der Waals surface area contributed by atoms with Gasteiger partial charge in [-0.15, -0.1) is 0 Å². The Morgan fingerprint density at radius 3 is 2.46 bits per heavy atom. The van der Waals surface area contributed by atoms with Crippen molar-refractivity contribution in [3.8, 4) is 0 Å². The minimum Gasteiger partial charge on any atom is -0.351 e. The van der Waals surface area contributed by atoms with Crippen LogP contribution in [0.2, 0.25) is 5.02 Å². The summed E-state index contributed by atoms with van der Waals surface area (Å²) in [6.45, 7) is 1.07. The molecule has 2 aromatic rings. The van der Waals surface area contributed by atoms with Crippen LogP contribution in [0.4, 0.5) is 5.69 Å². The number of anilines is 1. The average molecular weight is 439 g/mol. The molecule has 1 aliphatic rings. The molecule has 2 aromatic carbocycles. The number of benzene rings is 2. The Bertz CT molecular complexity index is 900. The first kappa shape index (κ1) is 21.0. The van der Waals surface area contributed by atoms with E-state index in [-0.39, 0.29) is 11.7 Å². The second kappa shape index (κ2) is 9.67. The Morgan fingerprint density at radius 2 is 1.79 bits per heavy atom. The van der Waals surface area contributed by atoms with Gasteiger partial charge in [-0.05, 0) is 54.8 Å². The molecule has 0 unspecified atom stereocenters. The predicted octanol–water partition coefficient (Wildman–Crippen LogP) is 3.93. The number of thioether (sulfide) groups is 1. The Hall–Kier alpha value is -1.70. The van der Waals surface area contributed by atoms with Gasteiger partial charge in [0.15, 0.2) is 0 Å². The summed E-state index contributed by atoms with van der Waals surface area (Å²) in [4.78, 5) is 12.3. The highest BCUT2D eigenvalue weighted by Gasteiger charge is 2.25. The lowest BCUT2D eigenvalue weighted by Crippen LogP contribution is -2.37. The van der Waals surface area contributed by atoms with E-state index in [1.165, 1.54) is 9.87 Å². The van der Waals surface area contributed by atoms with Crippen molar-refractivity contribution in [3.05, 3.63) is 64.7 Å². The first-order valence-electron chi connectivity index (χ1n) is 9.16. The number of hydrogen-bond donors (Lipinski definition) is 1. The van der Waals surface area contributed by atoms with Gasteiger partial charge >= 0.3 is 0 Å². The molecule has 0 spiro atoms. The molecule has 0 aliphatic carbocycles. The van der Waals surface area contributed by atoms with E-state index in [0.29, 0.717) is 30.8 Å². The molecule has 150 valence electrons. The lowest BCUT2D eigenvalue weighted by atomic mass is 10.2. The highest BCUT2D eigenvalue weighted by atomic mass is 35.5. The lowest BCUT2D eigenvalue weighted by molar-refractivity contribution is 0.0956.